The molecule has 2 amide bonds. The summed E-state index contributed by atoms with van der Waals surface area (Å²) in [6, 6.07) is -0.972. The average Bonchev–Trinajstić information content (AvgIpc) is 2.56. The fourth-order valence-electron chi connectivity index (χ4n) is 2.32. The van der Waals surface area contributed by atoms with Gasteiger partial charge in [-0.1, -0.05) is 0 Å². The third-order valence-corrected chi connectivity index (χ3v) is 3.41. The molecule has 0 aromatic rings. The molecule has 27 heavy (non-hydrogen) atoms. The van der Waals surface area contributed by atoms with Gasteiger partial charge >= 0.3 is 23.9 Å². The van der Waals surface area contributed by atoms with E-state index in [1.165, 1.54) is 0 Å². The lowest BCUT2D eigenvalue weighted by molar-refractivity contribution is -0.228. The first-order valence-corrected chi connectivity index (χ1v) is 8.33. The standard InChI is InChI=1S/C14H20ClN3O9/c1-7(19)25-10-6-24-13(16-14(22)18(17-23)5-4-15)12(27-9(3)21)11(10)26-8(2)20/h10-13H,4-6H2,1-3H3,(H,16,22)/t10-,11+,12+,13-/m0/s1. The number of nitrogens with one attached hydrogen (secondary N) is 1. The van der Waals surface area contributed by atoms with Crippen molar-refractivity contribution in [1.29, 1.82) is 0 Å². The van der Waals surface area contributed by atoms with Crippen molar-refractivity contribution in [2.75, 3.05) is 19.0 Å². The first kappa shape index (κ1) is 22.6. The molecule has 1 heterocycles. The van der Waals surface area contributed by atoms with E-state index in [9.17, 15) is 24.1 Å². The summed E-state index contributed by atoms with van der Waals surface area (Å²) < 4.78 is 20.6. The normalized spacial score (nSPS) is 24.3. The predicted octanol–water partition coefficient (Wildman–Crippen LogP) is 0.0696. The Balaban J connectivity index is 3.06. The summed E-state index contributed by atoms with van der Waals surface area (Å²) in [7, 11) is 0. The molecule has 4 atom stereocenters. The van der Waals surface area contributed by atoms with E-state index in [0.29, 0.717) is 5.01 Å². The number of nitroso groups, excluding NO2 is 1. The van der Waals surface area contributed by atoms with E-state index in [-0.39, 0.29) is 19.0 Å². The number of carbonyl (C=O) groups is 4. The van der Waals surface area contributed by atoms with Crippen LogP contribution in [0.3, 0.4) is 0 Å². The summed E-state index contributed by atoms with van der Waals surface area (Å²) in [4.78, 5) is 57.0. The van der Waals surface area contributed by atoms with Crippen LogP contribution in [-0.4, -0.2) is 72.5 Å². The van der Waals surface area contributed by atoms with Crippen molar-refractivity contribution >= 4 is 35.5 Å². The van der Waals surface area contributed by atoms with Gasteiger partial charge in [-0.25, -0.2) is 4.79 Å². The molecule has 0 saturated carbocycles. The lowest BCUT2D eigenvalue weighted by Crippen LogP contribution is -2.63. The van der Waals surface area contributed by atoms with Crippen LogP contribution in [0.25, 0.3) is 0 Å². The van der Waals surface area contributed by atoms with Gasteiger partial charge in [-0.2, -0.15) is 5.01 Å². The largest absolute Gasteiger partial charge is 0.456 e. The van der Waals surface area contributed by atoms with Crippen molar-refractivity contribution in [3.05, 3.63) is 4.91 Å². The van der Waals surface area contributed by atoms with Gasteiger partial charge in [0.05, 0.1) is 18.4 Å². The maximum Gasteiger partial charge on any atom is 0.342 e. The Hall–Kier alpha value is -2.47. The predicted molar refractivity (Wildman–Crippen MR) is 88.2 cm³/mol. The monoisotopic (exact) mass is 409 g/mol. The quantitative estimate of drug-likeness (QED) is 0.202. The van der Waals surface area contributed by atoms with Crippen molar-refractivity contribution in [3.8, 4) is 0 Å². The highest BCUT2D eigenvalue weighted by Crippen LogP contribution is 2.23. The number of rotatable bonds is 7. The van der Waals surface area contributed by atoms with E-state index in [4.69, 9.17) is 30.5 Å². The van der Waals surface area contributed by atoms with Crippen molar-refractivity contribution in [2.45, 2.75) is 45.3 Å². The maximum absolute atomic E-state index is 12.1. The Labute approximate surface area is 159 Å². The molecule has 13 heteroatoms. The first-order chi connectivity index (χ1) is 12.7. The van der Waals surface area contributed by atoms with E-state index < -0.39 is 48.5 Å². The zero-order chi connectivity index (χ0) is 20.6. The van der Waals surface area contributed by atoms with Crippen LogP contribution < -0.4 is 5.32 Å². The molecule has 1 fully saturated rings. The Bertz CT molecular complexity index is 588. The zero-order valence-electron chi connectivity index (χ0n) is 14.9. The van der Waals surface area contributed by atoms with Gasteiger partial charge < -0.3 is 24.3 Å². The number of ether oxygens (including phenoxy) is 4. The van der Waals surface area contributed by atoms with Crippen LogP contribution in [-0.2, 0) is 33.3 Å². The van der Waals surface area contributed by atoms with Crippen LogP contribution in [0.4, 0.5) is 4.79 Å². The summed E-state index contributed by atoms with van der Waals surface area (Å²) in [6.45, 7) is 2.89. The molecule has 12 nitrogen and oxygen atoms in total. The minimum Gasteiger partial charge on any atom is -0.456 e. The van der Waals surface area contributed by atoms with Gasteiger partial charge in [0.25, 0.3) is 0 Å². The Morgan fingerprint density at radius 3 is 2.11 bits per heavy atom. The topological polar surface area (TPSA) is 150 Å². The molecule has 152 valence electrons. The Morgan fingerprint density at radius 2 is 1.63 bits per heavy atom. The second kappa shape index (κ2) is 10.6. The van der Waals surface area contributed by atoms with Crippen LogP contribution in [0.15, 0.2) is 5.29 Å². The van der Waals surface area contributed by atoms with Gasteiger partial charge in [-0.05, 0) is 0 Å². The second-order valence-corrected chi connectivity index (χ2v) is 5.77. The van der Waals surface area contributed by atoms with Gasteiger partial charge in [0.2, 0.25) is 0 Å². The fraction of sp³-hybridized carbons (Fsp3) is 0.714. The smallest absolute Gasteiger partial charge is 0.342 e. The minimum atomic E-state index is -1.35. The summed E-state index contributed by atoms with van der Waals surface area (Å²) in [5.74, 6) is -2.24. The molecular weight excluding hydrogens is 390 g/mol. The van der Waals surface area contributed by atoms with E-state index in [1.807, 2.05) is 0 Å². The highest BCUT2D eigenvalue weighted by Gasteiger charge is 2.47. The number of halogens is 1. The molecule has 0 aromatic heterocycles. The number of urea groups is 1. The number of hydrogen-bond donors (Lipinski definition) is 1. The van der Waals surface area contributed by atoms with Crippen LogP contribution >= 0.6 is 11.6 Å². The first-order valence-electron chi connectivity index (χ1n) is 7.80. The molecule has 1 N–H and O–H groups in total. The molecule has 0 aromatic carbocycles. The summed E-state index contributed by atoms with van der Waals surface area (Å²) in [5, 5.41) is 5.31. The molecule has 1 saturated heterocycles. The summed E-state index contributed by atoms with van der Waals surface area (Å²) in [5.41, 5.74) is 0. The minimum absolute atomic E-state index is 0.0529. The van der Waals surface area contributed by atoms with Crippen LogP contribution in [0.5, 0.6) is 0 Å². The van der Waals surface area contributed by atoms with E-state index in [0.717, 1.165) is 20.8 Å². The molecule has 0 spiro atoms. The van der Waals surface area contributed by atoms with Crippen molar-refractivity contribution in [1.82, 2.24) is 10.3 Å². The van der Waals surface area contributed by atoms with E-state index in [1.54, 1.807) is 0 Å². The lowest BCUT2D eigenvalue weighted by atomic mass is 10.0. The van der Waals surface area contributed by atoms with Crippen LogP contribution in [0.2, 0.25) is 0 Å². The summed E-state index contributed by atoms with van der Waals surface area (Å²) in [6.07, 6.45) is -4.98. The molecule has 0 unspecified atom stereocenters. The Morgan fingerprint density at radius 1 is 1.07 bits per heavy atom. The fourth-order valence-corrected chi connectivity index (χ4v) is 2.48. The number of alkyl halides is 1. The molecule has 0 bridgehead atoms. The van der Waals surface area contributed by atoms with Crippen molar-refractivity contribution in [3.63, 3.8) is 0 Å². The molecule has 1 aliphatic rings. The SMILES string of the molecule is CC(=O)O[C@@H]1[C@H](OC(C)=O)[C@@H](OC(C)=O)CO[C@@H]1NC(=O)N(CCCl)N=O. The number of esters is 3. The number of nitrogens with zero attached hydrogens (tertiary/aromatic N) is 2. The van der Waals surface area contributed by atoms with Crippen LogP contribution in [0, 0.1) is 4.91 Å². The third-order valence-electron chi connectivity index (χ3n) is 3.25. The van der Waals surface area contributed by atoms with E-state index in [2.05, 4.69) is 10.6 Å². The molecular formula is C14H20ClN3O9. The Kier molecular flexibility index (Phi) is 8.88. The number of carbonyl (C=O) groups excluding carboxylic acids is 4. The molecule has 1 aliphatic heterocycles. The van der Waals surface area contributed by atoms with Gasteiger partial charge in [0, 0.05) is 26.7 Å². The highest BCUT2D eigenvalue weighted by molar-refractivity contribution is 6.18. The zero-order valence-corrected chi connectivity index (χ0v) is 15.6. The highest BCUT2D eigenvalue weighted by atomic mass is 35.5. The average molecular weight is 410 g/mol. The molecule has 0 aliphatic carbocycles. The lowest BCUT2D eigenvalue weighted by Gasteiger charge is -2.40. The number of amides is 2. The van der Waals surface area contributed by atoms with Crippen molar-refractivity contribution in [2.24, 2.45) is 5.29 Å². The van der Waals surface area contributed by atoms with Gasteiger partial charge in [0.15, 0.2) is 24.5 Å². The van der Waals surface area contributed by atoms with Crippen molar-refractivity contribution < 1.29 is 38.1 Å². The molecule has 1 rings (SSSR count). The third kappa shape index (κ3) is 6.98. The van der Waals surface area contributed by atoms with Gasteiger partial charge in [-0.15, -0.1) is 16.5 Å². The second-order valence-electron chi connectivity index (χ2n) is 5.39. The maximum atomic E-state index is 12.1. The van der Waals surface area contributed by atoms with Gasteiger partial charge in [0.1, 0.15) is 0 Å². The van der Waals surface area contributed by atoms with Gasteiger partial charge in [-0.3, -0.25) is 14.4 Å². The van der Waals surface area contributed by atoms with E-state index >= 15 is 0 Å². The summed E-state index contributed by atoms with van der Waals surface area (Å²) >= 11 is 5.48. The van der Waals surface area contributed by atoms with Crippen LogP contribution in [0.1, 0.15) is 20.8 Å². The molecule has 0 radical (unpaired) electrons. The number of hydrogen-bond acceptors (Lipinski definition) is 10.